The van der Waals surface area contributed by atoms with E-state index in [0.29, 0.717) is 50.1 Å². The molecule has 1 aromatic heterocycles. The number of Topliss-reactive ketones (excluding diaryl/α,β-unsaturated/α-hetero) is 2. The molecule has 0 spiro atoms. The predicted octanol–water partition coefficient (Wildman–Crippen LogP) is 6.15. The Labute approximate surface area is 212 Å². The lowest BCUT2D eigenvalue weighted by molar-refractivity contribution is -0.126. The first-order valence-corrected chi connectivity index (χ1v) is 11.5. The molecule has 6 nitrogen and oxygen atoms in total. The summed E-state index contributed by atoms with van der Waals surface area (Å²) in [6, 6.07) is 16.0. The molecule has 0 aliphatic heterocycles. The Morgan fingerprint density at radius 2 is 1.44 bits per heavy atom. The minimum absolute atomic E-state index is 0.0599. The summed E-state index contributed by atoms with van der Waals surface area (Å²) < 4.78 is 29.8. The van der Waals surface area contributed by atoms with E-state index in [0.717, 1.165) is 0 Å². The number of rotatable bonds is 10. The number of methoxy groups -OCH3 is 2. The van der Waals surface area contributed by atoms with Crippen molar-refractivity contribution in [3.05, 3.63) is 88.8 Å². The van der Waals surface area contributed by atoms with Crippen LogP contribution in [0.3, 0.4) is 0 Å². The first-order chi connectivity index (χ1) is 17.4. The van der Waals surface area contributed by atoms with Crippen LogP contribution in [0.4, 0.5) is 4.39 Å². The van der Waals surface area contributed by atoms with Crippen LogP contribution in [0, 0.1) is 5.82 Å². The molecule has 0 bridgehead atoms. The third-order valence-corrected chi connectivity index (χ3v) is 5.83. The van der Waals surface area contributed by atoms with E-state index in [2.05, 4.69) is 4.98 Å². The Kier molecular flexibility index (Phi) is 7.80. The lowest BCUT2D eigenvalue weighted by atomic mass is 10.0. The van der Waals surface area contributed by atoms with Crippen LogP contribution in [-0.4, -0.2) is 30.8 Å². The van der Waals surface area contributed by atoms with Crippen LogP contribution in [0.25, 0.3) is 10.9 Å². The van der Waals surface area contributed by atoms with Crippen molar-refractivity contribution in [2.75, 3.05) is 14.2 Å². The van der Waals surface area contributed by atoms with Crippen LogP contribution >= 0.6 is 11.6 Å². The maximum Gasteiger partial charge on any atom is 0.162 e. The van der Waals surface area contributed by atoms with E-state index >= 15 is 0 Å². The molecule has 3 aromatic carbocycles. The zero-order valence-electron chi connectivity index (χ0n) is 19.7. The fourth-order valence-corrected chi connectivity index (χ4v) is 4.04. The number of hydrogen-bond acceptors (Lipinski definition) is 6. The number of benzene rings is 3. The fraction of sp³-hybridized carbons (Fsp3) is 0.179. The quantitative estimate of drug-likeness (QED) is 0.240. The maximum absolute atomic E-state index is 13.0. The number of nitrogens with zero attached hydrogens (tertiary/aromatic N) is 1. The summed E-state index contributed by atoms with van der Waals surface area (Å²) in [5, 5.41) is 1.04. The van der Waals surface area contributed by atoms with Crippen molar-refractivity contribution in [2.45, 2.75) is 19.3 Å². The average Bonchev–Trinajstić information content (AvgIpc) is 2.86. The van der Waals surface area contributed by atoms with E-state index < -0.39 is 0 Å². The van der Waals surface area contributed by atoms with Crippen LogP contribution in [0.2, 0.25) is 5.02 Å². The highest BCUT2D eigenvalue weighted by molar-refractivity contribution is 6.32. The number of hydrogen-bond donors (Lipinski definition) is 0. The number of ether oxygens (including phenoxy) is 3. The topological polar surface area (TPSA) is 74.7 Å². The molecule has 0 amide bonds. The highest BCUT2D eigenvalue weighted by Gasteiger charge is 2.15. The SMILES string of the molecule is COc1cc2nccc(Oc3ccc(CC(=O)CC(=O)Cc4ccc(F)cc4)cc3Cl)c2cc1OC. The third-order valence-electron chi connectivity index (χ3n) is 5.53. The molecule has 0 aliphatic rings. The minimum atomic E-state index is -0.372. The average molecular weight is 508 g/mol. The van der Waals surface area contributed by atoms with Gasteiger partial charge in [0.05, 0.1) is 31.2 Å². The molecule has 0 N–H and O–H groups in total. The predicted molar refractivity (Wildman–Crippen MR) is 135 cm³/mol. The van der Waals surface area contributed by atoms with E-state index in [1.54, 1.807) is 56.8 Å². The van der Waals surface area contributed by atoms with Crippen molar-refractivity contribution in [1.82, 2.24) is 4.98 Å². The number of carbonyl (C=O) groups excluding carboxylic acids is 2. The second-order valence-corrected chi connectivity index (χ2v) is 8.54. The molecular weight excluding hydrogens is 485 g/mol. The normalized spacial score (nSPS) is 10.8. The van der Waals surface area contributed by atoms with Gasteiger partial charge in [0.2, 0.25) is 0 Å². The van der Waals surface area contributed by atoms with Crippen molar-refractivity contribution < 1.29 is 28.2 Å². The van der Waals surface area contributed by atoms with Crippen molar-refractivity contribution in [1.29, 1.82) is 0 Å². The van der Waals surface area contributed by atoms with Crippen LogP contribution < -0.4 is 14.2 Å². The summed E-state index contributed by atoms with van der Waals surface area (Å²) in [4.78, 5) is 29.0. The maximum atomic E-state index is 13.0. The number of ketones is 2. The van der Waals surface area contributed by atoms with Gasteiger partial charge in [-0.15, -0.1) is 0 Å². The monoisotopic (exact) mass is 507 g/mol. The van der Waals surface area contributed by atoms with Gasteiger partial charge in [-0.05, 0) is 47.5 Å². The molecular formula is C28H23ClFNO5. The Morgan fingerprint density at radius 1 is 0.806 bits per heavy atom. The van der Waals surface area contributed by atoms with Crippen LogP contribution in [0.15, 0.2) is 66.9 Å². The molecule has 8 heteroatoms. The Balaban J connectivity index is 1.44. The highest BCUT2D eigenvalue weighted by atomic mass is 35.5. The van der Waals surface area contributed by atoms with E-state index in [1.807, 2.05) is 0 Å². The Morgan fingerprint density at radius 3 is 2.11 bits per heavy atom. The summed E-state index contributed by atoms with van der Waals surface area (Å²) in [6.45, 7) is 0. The zero-order chi connectivity index (χ0) is 25.7. The Hall–Kier alpha value is -3.97. The Bertz CT molecular complexity index is 1420. The van der Waals surface area contributed by atoms with Crippen molar-refractivity contribution in [3.8, 4) is 23.0 Å². The second-order valence-electron chi connectivity index (χ2n) is 8.13. The van der Waals surface area contributed by atoms with Gasteiger partial charge < -0.3 is 14.2 Å². The highest BCUT2D eigenvalue weighted by Crippen LogP contribution is 2.38. The van der Waals surface area contributed by atoms with Crippen LogP contribution in [-0.2, 0) is 22.4 Å². The molecule has 0 radical (unpaired) electrons. The lowest BCUT2D eigenvalue weighted by Crippen LogP contribution is -2.12. The number of pyridine rings is 1. The number of fused-ring (bicyclic) bond motifs is 1. The molecule has 0 unspecified atom stereocenters. The van der Waals surface area contributed by atoms with Gasteiger partial charge in [-0.3, -0.25) is 14.6 Å². The van der Waals surface area contributed by atoms with Gasteiger partial charge in [-0.25, -0.2) is 4.39 Å². The fourth-order valence-electron chi connectivity index (χ4n) is 3.79. The van der Waals surface area contributed by atoms with Crippen molar-refractivity contribution in [2.24, 2.45) is 0 Å². The van der Waals surface area contributed by atoms with Gasteiger partial charge in [0.25, 0.3) is 0 Å². The molecule has 0 aliphatic carbocycles. The molecule has 4 aromatic rings. The van der Waals surface area contributed by atoms with E-state index in [9.17, 15) is 14.0 Å². The molecule has 0 saturated heterocycles. The largest absolute Gasteiger partial charge is 0.493 e. The van der Waals surface area contributed by atoms with Crippen molar-refractivity contribution in [3.63, 3.8) is 0 Å². The molecule has 36 heavy (non-hydrogen) atoms. The summed E-state index contributed by atoms with van der Waals surface area (Å²) >= 11 is 6.45. The molecule has 0 fully saturated rings. The molecule has 184 valence electrons. The number of aromatic nitrogens is 1. The van der Waals surface area contributed by atoms with Crippen LogP contribution in [0.1, 0.15) is 17.5 Å². The van der Waals surface area contributed by atoms with E-state index in [1.165, 1.54) is 24.3 Å². The first-order valence-electron chi connectivity index (χ1n) is 11.1. The number of carbonyl (C=O) groups is 2. The standard InChI is InChI=1S/C28H23ClFNO5/c1-34-27-15-22-24(16-28(27)35-2)31-10-9-25(22)36-26-8-5-18(13-23(26)29)12-21(33)14-20(32)11-17-3-6-19(30)7-4-17/h3-10,13,15-16H,11-12,14H2,1-2H3. The summed E-state index contributed by atoms with van der Waals surface area (Å²) in [5.74, 6) is 1.20. The van der Waals surface area contributed by atoms with Gasteiger partial charge in [0.1, 0.15) is 28.9 Å². The smallest absolute Gasteiger partial charge is 0.162 e. The molecule has 0 atom stereocenters. The summed E-state index contributed by atoms with van der Waals surface area (Å²) in [5.41, 5.74) is 1.99. The molecule has 0 saturated carbocycles. The van der Waals surface area contributed by atoms with Gasteiger partial charge >= 0.3 is 0 Å². The van der Waals surface area contributed by atoms with Gasteiger partial charge in [0.15, 0.2) is 11.5 Å². The van der Waals surface area contributed by atoms with Crippen molar-refractivity contribution >= 4 is 34.1 Å². The van der Waals surface area contributed by atoms with Gasteiger partial charge in [-0.1, -0.05) is 29.8 Å². The zero-order valence-corrected chi connectivity index (χ0v) is 20.5. The van der Waals surface area contributed by atoms with E-state index in [-0.39, 0.29) is 36.6 Å². The van der Waals surface area contributed by atoms with Gasteiger partial charge in [0, 0.05) is 30.5 Å². The summed E-state index contributed by atoms with van der Waals surface area (Å²) in [6.07, 6.45) is 1.55. The van der Waals surface area contributed by atoms with Gasteiger partial charge in [-0.2, -0.15) is 0 Å². The van der Waals surface area contributed by atoms with E-state index in [4.69, 9.17) is 25.8 Å². The minimum Gasteiger partial charge on any atom is -0.493 e. The number of halogens is 2. The summed E-state index contributed by atoms with van der Waals surface area (Å²) in [7, 11) is 3.10. The first kappa shape index (κ1) is 25.1. The lowest BCUT2D eigenvalue weighted by Gasteiger charge is -2.13. The molecule has 4 rings (SSSR count). The van der Waals surface area contributed by atoms with Crippen LogP contribution in [0.5, 0.6) is 23.0 Å². The molecule has 1 heterocycles. The third kappa shape index (κ3) is 5.98. The second kappa shape index (κ2) is 11.2.